The third-order valence-corrected chi connectivity index (χ3v) is 3.61. The van der Waals surface area contributed by atoms with Gasteiger partial charge in [0, 0.05) is 30.1 Å². The number of aromatic nitrogens is 1. The number of aryl methyl sites for hydroxylation is 1. The van der Waals surface area contributed by atoms with E-state index in [1.807, 2.05) is 29.8 Å². The number of ether oxygens (including phenoxy) is 2. The molecule has 0 bridgehead atoms. The van der Waals surface area contributed by atoms with Crippen molar-refractivity contribution in [3.05, 3.63) is 29.5 Å². The van der Waals surface area contributed by atoms with Crippen LogP contribution in [-0.2, 0) is 18.2 Å². The van der Waals surface area contributed by atoms with Crippen LogP contribution in [0.4, 0.5) is 0 Å². The largest absolute Gasteiger partial charge is 0.497 e. The number of rotatable bonds is 5. The molecule has 5 heteroatoms. The van der Waals surface area contributed by atoms with Gasteiger partial charge in [0.05, 0.1) is 24.9 Å². The highest BCUT2D eigenvalue weighted by atomic mass is 16.5. The summed E-state index contributed by atoms with van der Waals surface area (Å²) in [5.74, 6) is 0.305. The summed E-state index contributed by atoms with van der Waals surface area (Å²) in [5, 5.41) is 10.9. The Morgan fingerprint density at radius 3 is 2.59 bits per heavy atom. The van der Waals surface area contributed by atoms with E-state index in [1.54, 1.807) is 27.9 Å². The van der Waals surface area contributed by atoms with Crippen LogP contribution in [0.2, 0.25) is 0 Å². The number of nitrogens with zero attached hydrogens (tertiary/aromatic N) is 1. The molecular weight excluding hydrogens is 282 g/mol. The van der Waals surface area contributed by atoms with Crippen LogP contribution in [0.25, 0.3) is 10.9 Å². The molecule has 1 aromatic carbocycles. The Labute approximate surface area is 130 Å². The van der Waals surface area contributed by atoms with Gasteiger partial charge in [-0.3, -0.25) is 0 Å². The SMILES string of the molecule is CCOC(=O)c1c(CC(C)(C)O)n(C)c2ccc(OC)cc12. The minimum Gasteiger partial charge on any atom is -0.497 e. The normalized spacial score (nSPS) is 11.7. The third-order valence-electron chi connectivity index (χ3n) is 3.61. The first-order valence-corrected chi connectivity index (χ1v) is 7.33. The van der Waals surface area contributed by atoms with Gasteiger partial charge in [0.2, 0.25) is 0 Å². The molecule has 120 valence electrons. The number of benzene rings is 1. The lowest BCUT2D eigenvalue weighted by Crippen LogP contribution is -2.25. The summed E-state index contributed by atoms with van der Waals surface area (Å²) in [6, 6.07) is 5.59. The van der Waals surface area contributed by atoms with Gasteiger partial charge in [-0.15, -0.1) is 0 Å². The molecule has 0 aliphatic carbocycles. The quantitative estimate of drug-likeness (QED) is 0.863. The molecule has 2 rings (SSSR count). The average Bonchev–Trinajstić information content (AvgIpc) is 2.69. The first-order chi connectivity index (χ1) is 10.3. The maximum atomic E-state index is 12.4. The molecule has 0 amide bonds. The Bertz CT molecular complexity index is 695. The third kappa shape index (κ3) is 3.09. The van der Waals surface area contributed by atoms with E-state index >= 15 is 0 Å². The molecule has 1 heterocycles. The summed E-state index contributed by atoms with van der Waals surface area (Å²) in [6.07, 6.45) is 0.356. The van der Waals surface area contributed by atoms with Crippen molar-refractivity contribution in [2.45, 2.75) is 32.8 Å². The van der Waals surface area contributed by atoms with Crippen LogP contribution in [0.5, 0.6) is 5.75 Å². The molecule has 0 atom stereocenters. The highest BCUT2D eigenvalue weighted by molar-refractivity contribution is 6.06. The van der Waals surface area contributed by atoms with Crippen LogP contribution < -0.4 is 4.74 Å². The van der Waals surface area contributed by atoms with Gasteiger partial charge in [0.25, 0.3) is 0 Å². The van der Waals surface area contributed by atoms with Crippen molar-refractivity contribution >= 4 is 16.9 Å². The molecule has 0 aliphatic heterocycles. The summed E-state index contributed by atoms with van der Waals surface area (Å²) < 4.78 is 12.4. The Hall–Kier alpha value is -2.01. The number of carbonyl (C=O) groups excluding carboxylic acids is 1. The second kappa shape index (κ2) is 6.01. The van der Waals surface area contributed by atoms with E-state index in [9.17, 15) is 9.90 Å². The van der Waals surface area contributed by atoms with Crippen molar-refractivity contribution in [1.29, 1.82) is 0 Å². The van der Waals surface area contributed by atoms with Crippen LogP contribution in [0, 0.1) is 0 Å². The lowest BCUT2D eigenvalue weighted by atomic mass is 9.99. The van der Waals surface area contributed by atoms with E-state index in [0.29, 0.717) is 24.3 Å². The maximum Gasteiger partial charge on any atom is 0.340 e. The molecule has 0 unspecified atom stereocenters. The first-order valence-electron chi connectivity index (χ1n) is 7.33. The van der Waals surface area contributed by atoms with E-state index in [1.165, 1.54) is 0 Å². The predicted octanol–water partition coefficient (Wildman–Crippen LogP) is 2.68. The van der Waals surface area contributed by atoms with E-state index in [4.69, 9.17) is 9.47 Å². The van der Waals surface area contributed by atoms with Crippen molar-refractivity contribution in [1.82, 2.24) is 4.57 Å². The average molecular weight is 305 g/mol. The highest BCUT2D eigenvalue weighted by Gasteiger charge is 2.26. The van der Waals surface area contributed by atoms with Crippen LogP contribution in [0.15, 0.2) is 18.2 Å². The standard InChI is InChI=1S/C17H23NO4/c1-6-22-16(19)15-12-9-11(21-5)7-8-13(12)18(4)14(15)10-17(2,3)20/h7-9,20H,6,10H2,1-5H3. The zero-order chi connectivity index (χ0) is 16.5. The Morgan fingerprint density at radius 1 is 1.36 bits per heavy atom. The number of esters is 1. The Morgan fingerprint density at radius 2 is 2.05 bits per heavy atom. The predicted molar refractivity (Wildman–Crippen MR) is 85.4 cm³/mol. The van der Waals surface area contributed by atoms with E-state index in [2.05, 4.69) is 0 Å². The molecule has 0 saturated carbocycles. The zero-order valence-corrected chi connectivity index (χ0v) is 13.8. The summed E-state index contributed by atoms with van der Waals surface area (Å²) >= 11 is 0. The van der Waals surface area contributed by atoms with Crippen molar-refractivity contribution in [3.63, 3.8) is 0 Å². The molecule has 1 N–H and O–H groups in total. The number of carbonyl (C=O) groups is 1. The van der Waals surface area contributed by atoms with Gasteiger partial charge in [-0.05, 0) is 39.0 Å². The van der Waals surface area contributed by atoms with Crippen molar-refractivity contribution in [2.75, 3.05) is 13.7 Å². The van der Waals surface area contributed by atoms with Gasteiger partial charge in [-0.1, -0.05) is 0 Å². The van der Waals surface area contributed by atoms with Gasteiger partial charge in [0.15, 0.2) is 0 Å². The summed E-state index contributed by atoms with van der Waals surface area (Å²) in [5.41, 5.74) is 1.24. The number of fused-ring (bicyclic) bond motifs is 1. The second-order valence-electron chi connectivity index (χ2n) is 5.97. The first kappa shape index (κ1) is 16.4. The molecule has 0 fully saturated rings. The summed E-state index contributed by atoms with van der Waals surface area (Å²) in [7, 11) is 3.48. The minimum absolute atomic E-state index is 0.307. The van der Waals surface area contributed by atoms with E-state index < -0.39 is 5.60 Å². The molecule has 2 aromatic rings. The van der Waals surface area contributed by atoms with Gasteiger partial charge >= 0.3 is 5.97 Å². The smallest absolute Gasteiger partial charge is 0.340 e. The van der Waals surface area contributed by atoms with E-state index in [-0.39, 0.29) is 5.97 Å². The number of methoxy groups -OCH3 is 1. The molecule has 0 aliphatic rings. The fourth-order valence-corrected chi connectivity index (χ4v) is 2.65. The molecule has 22 heavy (non-hydrogen) atoms. The number of hydrogen-bond acceptors (Lipinski definition) is 4. The monoisotopic (exact) mass is 305 g/mol. The van der Waals surface area contributed by atoms with Gasteiger partial charge < -0.3 is 19.1 Å². The molecule has 0 radical (unpaired) electrons. The molecule has 5 nitrogen and oxygen atoms in total. The second-order valence-corrected chi connectivity index (χ2v) is 5.97. The van der Waals surface area contributed by atoms with Crippen LogP contribution in [0.1, 0.15) is 36.8 Å². The van der Waals surface area contributed by atoms with E-state index in [0.717, 1.165) is 16.6 Å². The fraction of sp³-hybridized carbons (Fsp3) is 0.471. The van der Waals surface area contributed by atoms with Crippen molar-refractivity contribution in [3.8, 4) is 5.75 Å². The topological polar surface area (TPSA) is 60.7 Å². The molecule has 0 saturated heterocycles. The minimum atomic E-state index is -0.923. The number of hydrogen-bond donors (Lipinski definition) is 1. The van der Waals surface area contributed by atoms with Crippen LogP contribution >= 0.6 is 0 Å². The van der Waals surface area contributed by atoms with Crippen molar-refractivity contribution in [2.24, 2.45) is 7.05 Å². The molecule has 0 spiro atoms. The Kier molecular flexibility index (Phi) is 4.47. The lowest BCUT2D eigenvalue weighted by molar-refractivity contribution is 0.0522. The van der Waals surface area contributed by atoms with Gasteiger partial charge in [-0.2, -0.15) is 0 Å². The number of aliphatic hydroxyl groups is 1. The van der Waals surface area contributed by atoms with Crippen molar-refractivity contribution < 1.29 is 19.4 Å². The fourth-order valence-electron chi connectivity index (χ4n) is 2.65. The lowest BCUT2D eigenvalue weighted by Gasteiger charge is -2.18. The maximum absolute atomic E-state index is 12.4. The molecule has 1 aromatic heterocycles. The van der Waals surface area contributed by atoms with Crippen LogP contribution in [0.3, 0.4) is 0 Å². The van der Waals surface area contributed by atoms with Gasteiger partial charge in [0.1, 0.15) is 5.75 Å². The summed E-state index contributed by atoms with van der Waals surface area (Å²) in [4.78, 5) is 12.4. The highest BCUT2D eigenvalue weighted by Crippen LogP contribution is 2.31. The zero-order valence-electron chi connectivity index (χ0n) is 13.8. The Balaban J connectivity index is 2.72. The van der Waals surface area contributed by atoms with Crippen LogP contribution in [-0.4, -0.2) is 35.0 Å². The summed E-state index contributed by atoms with van der Waals surface area (Å²) in [6.45, 7) is 5.53. The molecular formula is C17H23NO4. The van der Waals surface area contributed by atoms with Gasteiger partial charge in [-0.25, -0.2) is 4.79 Å².